The number of hydrogen-bond acceptors (Lipinski definition) is 7. The summed E-state index contributed by atoms with van der Waals surface area (Å²) in [7, 11) is 1.51. The summed E-state index contributed by atoms with van der Waals surface area (Å²) < 4.78 is 34.8. The van der Waals surface area contributed by atoms with Crippen LogP contribution in [0.25, 0.3) is 0 Å². The summed E-state index contributed by atoms with van der Waals surface area (Å²) >= 11 is 0. The highest BCUT2D eigenvalue weighted by Gasteiger charge is 2.27. The van der Waals surface area contributed by atoms with Crippen molar-refractivity contribution in [2.45, 2.75) is 405 Å². The van der Waals surface area contributed by atoms with Crippen molar-refractivity contribution in [3.63, 3.8) is 0 Å². The van der Waals surface area contributed by atoms with Crippen LogP contribution in [0.15, 0.2) is 12.2 Å². The number of phosphoric acid groups is 1. The van der Waals surface area contributed by atoms with E-state index in [0.717, 1.165) is 38.5 Å². The monoisotopic (exact) mass is 1210 g/mol. The Morgan fingerprint density at radius 3 is 0.881 bits per heavy atom. The second-order valence-corrected chi connectivity index (χ2v) is 28.5. The Balaban J connectivity index is 3.94. The summed E-state index contributed by atoms with van der Waals surface area (Å²) in [6.45, 7) is 4.53. The highest BCUT2D eigenvalue weighted by atomic mass is 31.2. The van der Waals surface area contributed by atoms with Gasteiger partial charge < -0.3 is 18.9 Å². The Kier molecular flexibility index (Phi) is 65.2. The predicted octanol–water partition coefficient (Wildman–Crippen LogP) is 24.3. The molecule has 84 heavy (non-hydrogen) atoms. The van der Waals surface area contributed by atoms with Crippen LogP contribution in [0.4, 0.5) is 0 Å². The Hall–Kier alpha value is -1.25. The molecule has 0 fully saturated rings. The van der Waals surface area contributed by atoms with Crippen LogP contribution in [-0.2, 0) is 32.7 Å². The largest absolute Gasteiger partial charge is 0.472 e. The van der Waals surface area contributed by atoms with E-state index in [9.17, 15) is 19.0 Å². The van der Waals surface area contributed by atoms with E-state index >= 15 is 0 Å². The van der Waals surface area contributed by atoms with Crippen LogP contribution in [0.3, 0.4) is 0 Å². The summed E-state index contributed by atoms with van der Waals surface area (Å²) in [6.07, 6.45) is 82.0. The molecule has 0 aromatic heterocycles. The molecule has 0 saturated carbocycles. The topological polar surface area (TPSA) is 108 Å². The predicted molar refractivity (Wildman–Crippen MR) is 363 cm³/mol. The molecule has 0 radical (unpaired) electrons. The SMILES string of the molecule is CCCCCCCCCC/C=C\CCCCCCCCCCCCCCCCCCCCCCCC(=O)OC(COC(=O)CCCCCCCCCCCCCCCCCCCCCCCCCCCCC)COP(=O)(O)OCC[N+](C)(C)C. The van der Waals surface area contributed by atoms with Crippen molar-refractivity contribution in [2.75, 3.05) is 47.5 Å². The molecule has 0 rings (SSSR count). The highest BCUT2D eigenvalue weighted by molar-refractivity contribution is 7.47. The third kappa shape index (κ3) is 69.8. The molecule has 2 atom stereocenters. The number of esters is 2. The number of carbonyl (C=O) groups excluding carboxylic acids is 2. The van der Waals surface area contributed by atoms with Gasteiger partial charge in [0.15, 0.2) is 6.10 Å². The molecule has 0 amide bonds. The molecule has 9 nitrogen and oxygen atoms in total. The number of unbranched alkanes of at least 4 members (excludes halogenated alkanes) is 55. The van der Waals surface area contributed by atoms with E-state index in [-0.39, 0.29) is 25.6 Å². The molecule has 0 aliphatic rings. The van der Waals surface area contributed by atoms with Crippen LogP contribution >= 0.6 is 7.82 Å². The molecular weight excluding hydrogens is 1060 g/mol. The van der Waals surface area contributed by atoms with Gasteiger partial charge in [-0.25, -0.2) is 4.57 Å². The standard InChI is InChI=1S/C74H146NO8P/c1-6-8-10-12-14-16-18-20-22-24-26-28-30-32-34-35-36-37-38-39-41-43-45-47-49-51-53-55-57-59-61-63-65-67-74(77)83-72(71-82-84(78,79)81-69-68-75(3,4)5)70-80-73(76)66-64-62-60-58-56-54-52-50-48-46-44-42-40-33-31-29-27-25-23-21-19-17-15-13-11-9-7-2/h24,26,72H,6-23,25,27-71H2,1-5H3/p+1/b26-24-. The summed E-state index contributed by atoms with van der Waals surface area (Å²) in [6, 6.07) is 0. The number of hydrogen-bond donors (Lipinski definition) is 1. The minimum absolute atomic E-state index is 0.0368. The molecule has 0 aromatic carbocycles. The van der Waals surface area contributed by atoms with Gasteiger partial charge in [-0.2, -0.15) is 0 Å². The van der Waals surface area contributed by atoms with Crippen molar-refractivity contribution in [3.05, 3.63) is 12.2 Å². The van der Waals surface area contributed by atoms with Crippen LogP contribution in [0.5, 0.6) is 0 Å². The van der Waals surface area contributed by atoms with Crippen molar-refractivity contribution in [1.82, 2.24) is 0 Å². The zero-order valence-corrected chi connectivity index (χ0v) is 58.1. The molecule has 10 heteroatoms. The first kappa shape index (κ1) is 82.8. The van der Waals surface area contributed by atoms with Crippen molar-refractivity contribution < 1.29 is 42.1 Å². The van der Waals surface area contributed by atoms with Gasteiger partial charge in [0.2, 0.25) is 0 Å². The normalized spacial score (nSPS) is 13.1. The quantitative estimate of drug-likeness (QED) is 0.0211. The maximum atomic E-state index is 12.9. The number of quaternary nitrogens is 1. The first-order valence-corrected chi connectivity index (χ1v) is 38.9. The molecule has 1 N–H and O–H groups in total. The number of nitrogens with zero attached hydrogens (tertiary/aromatic N) is 1. The molecular formula is C74H147NO8P+. The number of carbonyl (C=O) groups is 2. The third-order valence-electron chi connectivity index (χ3n) is 17.3. The molecule has 0 saturated heterocycles. The van der Waals surface area contributed by atoms with Crippen LogP contribution < -0.4 is 0 Å². The van der Waals surface area contributed by atoms with Crippen LogP contribution in [0.1, 0.15) is 399 Å². The van der Waals surface area contributed by atoms with Crippen molar-refractivity contribution in [2.24, 2.45) is 0 Å². The second-order valence-electron chi connectivity index (χ2n) is 27.0. The average Bonchev–Trinajstić information content (AvgIpc) is 3.61. The van der Waals surface area contributed by atoms with Gasteiger partial charge in [0.25, 0.3) is 0 Å². The van der Waals surface area contributed by atoms with Gasteiger partial charge in [0, 0.05) is 12.8 Å². The molecule has 2 unspecified atom stereocenters. The van der Waals surface area contributed by atoms with E-state index in [0.29, 0.717) is 17.4 Å². The Morgan fingerprint density at radius 1 is 0.357 bits per heavy atom. The average molecular weight is 1210 g/mol. The molecule has 0 spiro atoms. The van der Waals surface area contributed by atoms with E-state index < -0.39 is 26.5 Å². The van der Waals surface area contributed by atoms with Crippen molar-refractivity contribution >= 4 is 19.8 Å². The van der Waals surface area contributed by atoms with Gasteiger partial charge in [-0.3, -0.25) is 18.6 Å². The lowest BCUT2D eigenvalue weighted by Gasteiger charge is -2.24. The van der Waals surface area contributed by atoms with Gasteiger partial charge in [0.1, 0.15) is 19.8 Å². The van der Waals surface area contributed by atoms with E-state index in [1.54, 1.807) is 0 Å². The maximum absolute atomic E-state index is 12.9. The van der Waals surface area contributed by atoms with Gasteiger partial charge >= 0.3 is 19.8 Å². The lowest BCUT2D eigenvalue weighted by Crippen LogP contribution is -2.37. The zero-order chi connectivity index (χ0) is 61.2. The number of phosphoric ester groups is 1. The molecule has 0 aliphatic carbocycles. The van der Waals surface area contributed by atoms with Gasteiger partial charge in [-0.15, -0.1) is 0 Å². The van der Waals surface area contributed by atoms with Crippen LogP contribution in [0.2, 0.25) is 0 Å². The van der Waals surface area contributed by atoms with Crippen molar-refractivity contribution in [1.29, 1.82) is 0 Å². The lowest BCUT2D eigenvalue weighted by molar-refractivity contribution is -0.870. The minimum Gasteiger partial charge on any atom is -0.462 e. The van der Waals surface area contributed by atoms with E-state index in [1.165, 1.54) is 334 Å². The first-order valence-electron chi connectivity index (χ1n) is 37.4. The van der Waals surface area contributed by atoms with Crippen LogP contribution in [-0.4, -0.2) is 74.9 Å². The van der Waals surface area contributed by atoms with E-state index in [4.69, 9.17) is 18.5 Å². The molecule has 0 heterocycles. The first-order chi connectivity index (χ1) is 41.0. The lowest BCUT2D eigenvalue weighted by atomic mass is 10.0. The van der Waals surface area contributed by atoms with E-state index in [2.05, 4.69) is 26.0 Å². The molecule has 0 bridgehead atoms. The maximum Gasteiger partial charge on any atom is 0.472 e. The Labute approximate surface area is 524 Å². The Morgan fingerprint density at radius 2 is 0.607 bits per heavy atom. The fourth-order valence-corrected chi connectivity index (χ4v) is 12.3. The molecule has 0 aliphatic heterocycles. The number of rotatable bonds is 71. The number of allylic oxidation sites excluding steroid dienone is 2. The summed E-state index contributed by atoms with van der Waals surface area (Å²) in [5.41, 5.74) is 0. The smallest absolute Gasteiger partial charge is 0.462 e. The van der Waals surface area contributed by atoms with Gasteiger partial charge in [-0.05, 0) is 38.5 Å². The second kappa shape index (κ2) is 66.2. The summed E-state index contributed by atoms with van der Waals surface area (Å²) in [5.74, 6) is -0.768. The number of likely N-dealkylation sites (N-methyl/N-ethyl adjacent to an activating group) is 1. The molecule has 0 aromatic rings. The van der Waals surface area contributed by atoms with Gasteiger partial charge in [0.05, 0.1) is 27.7 Å². The Bertz CT molecular complexity index is 1420. The highest BCUT2D eigenvalue weighted by Crippen LogP contribution is 2.43. The fourth-order valence-electron chi connectivity index (χ4n) is 11.5. The van der Waals surface area contributed by atoms with E-state index in [1.807, 2.05) is 21.1 Å². The zero-order valence-electron chi connectivity index (χ0n) is 57.2. The minimum atomic E-state index is -4.39. The number of ether oxygens (including phenoxy) is 2. The van der Waals surface area contributed by atoms with Gasteiger partial charge in [-0.1, -0.05) is 360 Å². The molecule has 500 valence electrons. The fraction of sp³-hybridized carbons (Fsp3) is 0.946. The van der Waals surface area contributed by atoms with Crippen LogP contribution in [0, 0.1) is 0 Å². The summed E-state index contributed by atoms with van der Waals surface area (Å²) in [4.78, 5) is 35.9. The van der Waals surface area contributed by atoms with Crippen molar-refractivity contribution in [3.8, 4) is 0 Å². The third-order valence-corrected chi connectivity index (χ3v) is 18.3. The summed E-state index contributed by atoms with van der Waals surface area (Å²) in [5, 5.41) is 0.